The maximum atomic E-state index is 13.3. The van der Waals surface area contributed by atoms with E-state index in [1.54, 1.807) is 43.3 Å². The number of nitrogens with zero attached hydrogens (tertiary/aromatic N) is 3. The average Bonchev–Trinajstić information content (AvgIpc) is 2.86. The molecule has 2 N–H and O–H groups in total. The number of para-hydroxylation sites is 2. The molecule has 0 aliphatic heterocycles. The second kappa shape index (κ2) is 11.5. The van der Waals surface area contributed by atoms with E-state index in [0.29, 0.717) is 22.3 Å². The van der Waals surface area contributed by atoms with Crippen LogP contribution in [0.5, 0.6) is 0 Å². The molecule has 3 aromatic rings. The minimum Gasteiger partial charge on any atom is -0.465 e. The standard InChI is InChI=1S/C24H23N5O6/c1-4-35-23(32)20(19-13-25-17-7-5-6-8-18(17)27-19)21(28-29-24(33)34-3)22(31)26-16-11-9-15(10-12-16)14(2)30/h5-13,20H,4H2,1-3H3,(H,26,31)(H,29,33)/b28-21-/t20-/m1/s1. The van der Waals surface area contributed by atoms with E-state index in [1.165, 1.54) is 25.3 Å². The summed E-state index contributed by atoms with van der Waals surface area (Å²) in [6.45, 7) is 3.06. The third-order valence-corrected chi connectivity index (χ3v) is 4.79. The van der Waals surface area contributed by atoms with Gasteiger partial charge in [0.15, 0.2) is 5.78 Å². The zero-order valence-electron chi connectivity index (χ0n) is 19.3. The third-order valence-electron chi connectivity index (χ3n) is 4.79. The Balaban J connectivity index is 2.05. The van der Waals surface area contributed by atoms with Gasteiger partial charge in [-0.1, -0.05) is 12.1 Å². The second-order valence-corrected chi connectivity index (χ2v) is 7.16. The van der Waals surface area contributed by atoms with Gasteiger partial charge in [0, 0.05) is 11.3 Å². The number of hydrazone groups is 1. The molecule has 2 aromatic carbocycles. The molecule has 0 unspecified atom stereocenters. The van der Waals surface area contributed by atoms with Gasteiger partial charge in [0.1, 0.15) is 11.6 Å². The lowest BCUT2D eigenvalue weighted by atomic mass is 9.98. The smallest absolute Gasteiger partial charge is 0.427 e. The number of carbonyl (C=O) groups is 4. The van der Waals surface area contributed by atoms with E-state index < -0.39 is 29.6 Å². The van der Waals surface area contributed by atoms with Crippen molar-refractivity contribution in [2.75, 3.05) is 19.0 Å². The summed E-state index contributed by atoms with van der Waals surface area (Å²) in [6.07, 6.45) is 0.389. The summed E-state index contributed by atoms with van der Waals surface area (Å²) in [5.41, 5.74) is 3.62. The highest BCUT2D eigenvalue weighted by Crippen LogP contribution is 2.21. The van der Waals surface area contributed by atoms with Crippen LogP contribution in [0, 0.1) is 0 Å². The van der Waals surface area contributed by atoms with Crippen molar-refractivity contribution in [3.05, 3.63) is 66.0 Å². The van der Waals surface area contributed by atoms with E-state index in [0.717, 1.165) is 7.11 Å². The minimum absolute atomic E-state index is 0.0299. The number of anilines is 1. The Bertz CT molecular complexity index is 1290. The molecule has 0 saturated heterocycles. The van der Waals surface area contributed by atoms with Crippen LogP contribution >= 0.6 is 0 Å². The molecule has 1 aromatic heterocycles. The highest BCUT2D eigenvalue weighted by molar-refractivity contribution is 6.48. The average molecular weight is 477 g/mol. The predicted octanol–water partition coefficient (Wildman–Crippen LogP) is 2.83. The SMILES string of the molecule is CCOC(=O)[C@@H](/C(=N/NC(=O)OC)C(=O)Nc1ccc(C(C)=O)cc1)c1cnc2ccccc2n1. The van der Waals surface area contributed by atoms with Crippen molar-refractivity contribution in [1.29, 1.82) is 0 Å². The van der Waals surface area contributed by atoms with Crippen molar-refractivity contribution in [2.24, 2.45) is 5.10 Å². The van der Waals surface area contributed by atoms with Crippen LogP contribution in [0.15, 0.2) is 59.8 Å². The number of carbonyl (C=O) groups excluding carboxylic acids is 4. The number of fused-ring (bicyclic) bond motifs is 1. The van der Waals surface area contributed by atoms with E-state index in [1.807, 2.05) is 0 Å². The van der Waals surface area contributed by atoms with Gasteiger partial charge in [-0.05, 0) is 50.2 Å². The summed E-state index contributed by atoms with van der Waals surface area (Å²) in [7, 11) is 1.12. The van der Waals surface area contributed by atoms with Crippen molar-refractivity contribution < 1.29 is 28.7 Å². The minimum atomic E-state index is -1.42. The molecule has 0 aliphatic rings. The molecular formula is C24H23N5O6. The number of rotatable bonds is 8. The fourth-order valence-electron chi connectivity index (χ4n) is 3.09. The van der Waals surface area contributed by atoms with Gasteiger partial charge in [0.05, 0.1) is 36.6 Å². The monoisotopic (exact) mass is 477 g/mol. The highest BCUT2D eigenvalue weighted by Gasteiger charge is 2.35. The van der Waals surface area contributed by atoms with E-state index in [-0.39, 0.29) is 18.1 Å². The number of methoxy groups -OCH3 is 1. The zero-order valence-corrected chi connectivity index (χ0v) is 19.3. The largest absolute Gasteiger partial charge is 0.465 e. The summed E-state index contributed by atoms with van der Waals surface area (Å²) in [5.74, 6) is -3.18. The lowest BCUT2D eigenvalue weighted by Crippen LogP contribution is -2.36. The quantitative estimate of drug-likeness (QED) is 0.218. The second-order valence-electron chi connectivity index (χ2n) is 7.16. The van der Waals surface area contributed by atoms with Gasteiger partial charge in [-0.2, -0.15) is 5.10 Å². The molecule has 2 amide bonds. The molecule has 180 valence electrons. The fourth-order valence-corrected chi connectivity index (χ4v) is 3.09. The number of amides is 2. The first-order valence-electron chi connectivity index (χ1n) is 10.6. The molecular weight excluding hydrogens is 454 g/mol. The molecule has 0 radical (unpaired) electrons. The molecule has 0 aliphatic carbocycles. The van der Waals surface area contributed by atoms with E-state index in [2.05, 4.69) is 30.5 Å². The topological polar surface area (TPSA) is 149 Å². The van der Waals surface area contributed by atoms with Crippen LogP contribution in [0.2, 0.25) is 0 Å². The number of Topliss-reactive ketones (excluding diaryl/α,β-unsaturated/α-hetero) is 1. The highest BCUT2D eigenvalue weighted by atomic mass is 16.5. The van der Waals surface area contributed by atoms with Crippen LogP contribution in [0.4, 0.5) is 10.5 Å². The first-order valence-corrected chi connectivity index (χ1v) is 10.6. The molecule has 11 nitrogen and oxygen atoms in total. The van der Waals surface area contributed by atoms with Crippen LogP contribution in [0.25, 0.3) is 11.0 Å². The predicted molar refractivity (Wildman–Crippen MR) is 127 cm³/mol. The molecule has 11 heteroatoms. The molecule has 0 bridgehead atoms. The lowest BCUT2D eigenvalue weighted by Gasteiger charge is -2.17. The van der Waals surface area contributed by atoms with Crippen molar-refractivity contribution in [1.82, 2.24) is 15.4 Å². The first-order chi connectivity index (χ1) is 16.8. The zero-order chi connectivity index (χ0) is 25.4. The normalized spacial score (nSPS) is 11.9. The maximum Gasteiger partial charge on any atom is 0.427 e. The van der Waals surface area contributed by atoms with Crippen LogP contribution in [0.3, 0.4) is 0 Å². The lowest BCUT2D eigenvalue weighted by molar-refractivity contribution is -0.143. The Morgan fingerprint density at radius 3 is 2.34 bits per heavy atom. The van der Waals surface area contributed by atoms with Gasteiger partial charge in [-0.25, -0.2) is 15.2 Å². The Morgan fingerprint density at radius 1 is 1.03 bits per heavy atom. The van der Waals surface area contributed by atoms with Gasteiger partial charge >= 0.3 is 12.1 Å². The Kier molecular flexibility index (Phi) is 8.17. The van der Waals surface area contributed by atoms with Gasteiger partial charge in [0.25, 0.3) is 5.91 Å². The molecule has 1 atom stereocenters. The van der Waals surface area contributed by atoms with Crippen molar-refractivity contribution in [3.8, 4) is 0 Å². The molecule has 0 fully saturated rings. The number of esters is 1. The fraction of sp³-hybridized carbons (Fsp3) is 0.208. The van der Waals surface area contributed by atoms with Crippen molar-refractivity contribution >= 4 is 46.2 Å². The third kappa shape index (κ3) is 6.22. The first kappa shape index (κ1) is 25.0. The van der Waals surface area contributed by atoms with E-state index >= 15 is 0 Å². The van der Waals surface area contributed by atoms with E-state index in [9.17, 15) is 19.2 Å². The summed E-state index contributed by atoms with van der Waals surface area (Å²) in [5, 5.41) is 6.46. The van der Waals surface area contributed by atoms with Gasteiger partial charge in [-0.3, -0.25) is 19.4 Å². The number of hydrogen-bond acceptors (Lipinski definition) is 9. The molecule has 35 heavy (non-hydrogen) atoms. The number of aromatic nitrogens is 2. The number of hydrogen-bond donors (Lipinski definition) is 2. The summed E-state index contributed by atoms with van der Waals surface area (Å²) in [4.78, 5) is 58.2. The van der Waals surface area contributed by atoms with E-state index in [4.69, 9.17) is 4.74 Å². The summed E-state index contributed by atoms with van der Waals surface area (Å²) >= 11 is 0. The molecule has 1 heterocycles. The number of benzene rings is 2. The number of ketones is 1. The van der Waals surface area contributed by atoms with Crippen LogP contribution < -0.4 is 10.7 Å². The summed E-state index contributed by atoms with van der Waals surface area (Å²) < 4.78 is 9.70. The Labute approximate surface area is 200 Å². The van der Waals surface area contributed by atoms with Crippen molar-refractivity contribution in [2.45, 2.75) is 19.8 Å². The van der Waals surface area contributed by atoms with Gasteiger partial charge in [0.2, 0.25) is 0 Å². The molecule has 0 spiro atoms. The Hall–Kier alpha value is -4.67. The number of ether oxygens (including phenoxy) is 2. The molecule has 3 rings (SSSR count). The van der Waals surface area contributed by atoms with Crippen LogP contribution in [0.1, 0.15) is 35.8 Å². The van der Waals surface area contributed by atoms with Crippen LogP contribution in [-0.2, 0) is 19.1 Å². The van der Waals surface area contributed by atoms with Gasteiger partial charge < -0.3 is 14.8 Å². The Morgan fingerprint density at radius 2 is 1.71 bits per heavy atom. The molecule has 0 saturated carbocycles. The number of nitrogens with one attached hydrogen (secondary N) is 2. The summed E-state index contributed by atoms with van der Waals surface area (Å²) in [6, 6.07) is 13.1. The van der Waals surface area contributed by atoms with Crippen molar-refractivity contribution in [3.63, 3.8) is 0 Å². The maximum absolute atomic E-state index is 13.3. The van der Waals surface area contributed by atoms with Gasteiger partial charge in [-0.15, -0.1) is 0 Å². The van der Waals surface area contributed by atoms with Crippen LogP contribution in [-0.4, -0.2) is 53.1 Å².